The zero-order valence-corrected chi connectivity index (χ0v) is 15.1. The van der Waals surface area contributed by atoms with Crippen molar-refractivity contribution in [3.05, 3.63) is 58.7 Å². The predicted molar refractivity (Wildman–Crippen MR) is 106 cm³/mol. The van der Waals surface area contributed by atoms with E-state index in [1.54, 1.807) is 30.5 Å². The van der Waals surface area contributed by atoms with Crippen LogP contribution in [0.1, 0.15) is 5.56 Å². The largest absolute Gasteiger partial charge is 0.382 e. The Morgan fingerprint density at radius 3 is 2.50 bits per heavy atom. The number of nitrogens with zero attached hydrogens (tertiary/aromatic N) is 3. The van der Waals surface area contributed by atoms with Gasteiger partial charge in [-0.1, -0.05) is 22.0 Å². The van der Waals surface area contributed by atoms with Crippen molar-refractivity contribution in [1.29, 1.82) is 10.8 Å². The molecule has 0 unspecified atom stereocenters. The van der Waals surface area contributed by atoms with Crippen LogP contribution in [0.25, 0.3) is 10.8 Å². The van der Waals surface area contributed by atoms with E-state index in [0.29, 0.717) is 22.8 Å². The van der Waals surface area contributed by atoms with E-state index in [0.717, 1.165) is 15.2 Å². The minimum absolute atomic E-state index is 0.0355. The second-order valence-corrected chi connectivity index (χ2v) is 6.30. The third-order valence-electron chi connectivity index (χ3n) is 3.54. The Kier molecular flexibility index (Phi) is 4.90. The third kappa shape index (κ3) is 3.83. The molecule has 0 bridgehead atoms. The highest BCUT2D eigenvalue weighted by Gasteiger charge is 2.07. The number of guanidine groups is 1. The zero-order chi connectivity index (χ0) is 18.7. The molecule has 0 aliphatic rings. The topological polar surface area (TPSA) is 149 Å². The van der Waals surface area contributed by atoms with Gasteiger partial charge in [-0.05, 0) is 36.4 Å². The van der Waals surface area contributed by atoms with Crippen LogP contribution >= 0.6 is 15.9 Å². The molecule has 0 saturated heterocycles. The lowest BCUT2D eigenvalue weighted by Gasteiger charge is -2.06. The van der Waals surface area contributed by atoms with Crippen molar-refractivity contribution in [3.63, 3.8) is 0 Å². The van der Waals surface area contributed by atoms with Crippen molar-refractivity contribution in [2.45, 2.75) is 0 Å². The molecular formula is C17H15BrN8. The summed E-state index contributed by atoms with van der Waals surface area (Å²) in [5, 5.41) is 27.6. The Hall–Kier alpha value is -3.33. The molecule has 0 aliphatic heterocycles. The molecule has 1 heterocycles. The van der Waals surface area contributed by atoms with E-state index < -0.39 is 0 Å². The predicted octanol–water partition coefficient (Wildman–Crippen LogP) is 3.80. The number of benzene rings is 2. The van der Waals surface area contributed by atoms with E-state index in [1.807, 2.05) is 18.2 Å². The molecule has 3 aromatic rings. The number of hydrogen-bond acceptors (Lipinski definition) is 6. The molecule has 3 rings (SSSR count). The van der Waals surface area contributed by atoms with Gasteiger partial charge in [0, 0.05) is 27.0 Å². The molecular weight excluding hydrogens is 396 g/mol. The van der Waals surface area contributed by atoms with Crippen LogP contribution in [0.15, 0.2) is 63.4 Å². The maximum Gasteiger partial charge on any atom is 0.191 e. The molecule has 2 aromatic carbocycles. The monoisotopic (exact) mass is 410 g/mol. The number of pyridine rings is 1. The summed E-state index contributed by atoms with van der Waals surface area (Å²) in [6.45, 7) is 0. The number of rotatable bonds is 3. The van der Waals surface area contributed by atoms with E-state index in [1.165, 1.54) is 0 Å². The number of amidine groups is 1. The Bertz CT molecular complexity index is 1020. The number of nitrogens with one attached hydrogen (secondary N) is 3. The molecule has 0 aliphatic carbocycles. The molecule has 26 heavy (non-hydrogen) atoms. The van der Waals surface area contributed by atoms with Gasteiger partial charge >= 0.3 is 0 Å². The van der Waals surface area contributed by atoms with Gasteiger partial charge < -0.3 is 16.8 Å². The summed E-state index contributed by atoms with van der Waals surface area (Å²) in [6.07, 6.45) is 1.69. The average Bonchev–Trinajstić information content (AvgIpc) is 2.60. The summed E-state index contributed by atoms with van der Waals surface area (Å²) in [5.41, 5.74) is 12.9. The molecule has 8 nitrogen and oxygen atoms in total. The van der Waals surface area contributed by atoms with Gasteiger partial charge in [0.2, 0.25) is 0 Å². The van der Waals surface area contributed by atoms with Crippen molar-refractivity contribution in [1.82, 2.24) is 10.3 Å². The number of anilines is 1. The first-order valence-electron chi connectivity index (χ1n) is 7.49. The minimum Gasteiger partial charge on any atom is -0.382 e. The summed E-state index contributed by atoms with van der Waals surface area (Å²) >= 11 is 3.44. The van der Waals surface area contributed by atoms with Crippen LogP contribution in [0.3, 0.4) is 0 Å². The Balaban J connectivity index is 1.90. The smallest absolute Gasteiger partial charge is 0.191 e. The molecule has 0 atom stereocenters. The lowest BCUT2D eigenvalue weighted by molar-refractivity contribution is 1.20. The molecule has 1 aromatic heterocycles. The number of hydrogen-bond donors (Lipinski definition) is 5. The quantitative estimate of drug-likeness (QED) is 0.253. The van der Waals surface area contributed by atoms with Gasteiger partial charge in [0.1, 0.15) is 11.5 Å². The summed E-state index contributed by atoms with van der Waals surface area (Å²) in [6, 6.07) is 12.6. The molecule has 0 fully saturated rings. The first-order valence-corrected chi connectivity index (χ1v) is 8.29. The van der Waals surface area contributed by atoms with Crippen molar-refractivity contribution >= 4 is 55.7 Å². The summed E-state index contributed by atoms with van der Waals surface area (Å²) in [7, 11) is 0. The Morgan fingerprint density at radius 2 is 1.81 bits per heavy atom. The van der Waals surface area contributed by atoms with E-state index in [4.69, 9.17) is 22.3 Å². The molecule has 7 N–H and O–H groups in total. The van der Waals surface area contributed by atoms with Crippen molar-refractivity contribution in [2.75, 3.05) is 5.73 Å². The number of halogens is 1. The fourth-order valence-corrected chi connectivity index (χ4v) is 2.66. The third-order valence-corrected chi connectivity index (χ3v) is 4.03. The van der Waals surface area contributed by atoms with Crippen LogP contribution in [-0.4, -0.2) is 16.8 Å². The molecule has 0 amide bonds. The van der Waals surface area contributed by atoms with Crippen molar-refractivity contribution in [2.24, 2.45) is 16.0 Å². The molecule has 130 valence electrons. The second-order valence-electron chi connectivity index (χ2n) is 5.38. The van der Waals surface area contributed by atoms with Gasteiger partial charge in [-0.25, -0.2) is 4.98 Å². The van der Waals surface area contributed by atoms with Gasteiger partial charge in [0.05, 0.1) is 5.69 Å². The van der Waals surface area contributed by atoms with E-state index in [-0.39, 0.29) is 11.8 Å². The van der Waals surface area contributed by atoms with Crippen molar-refractivity contribution in [3.8, 4) is 0 Å². The van der Waals surface area contributed by atoms with Crippen LogP contribution in [0.5, 0.6) is 0 Å². The molecule has 0 saturated carbocycles. The van der Waals surface area contributed by atoms with Gasteiger partial charge in [-0.3, -0.25) is 10.8 Å². The first kappa shape index (κ1) is 17.5. The Labute approximate surface area is 157 Å². The molecule has 9 heteroatoms. The summed E-state index contributed by atoms with van der Waals surface area (Å²) in [5.74, 6) is 0.0422. The highest BCUT2D eigenvalue weighted by molar-refractivity contribution is 9.10. The minimum atomic E-state index is -0.288. The van der Waals surface area contributed by atoms with Crippen molar-refractivity contribution < 1.29 is 0 Å². The number of nitrogen functional groups attached to an aromatic ring is 1. The normalized spacial score (nSPS) is 11.0. The maximum atomic E-state index is 7.79. The average molecular weight is 411 g/mol. The van der Waals surface area contributed by atoms with Gasteiger partial charge in [0.15, 0.2) is 11.8 Å². The summed E-state index contributed by atoms with van der Waals surface area (Å²) in [4.78, 5) is 4.15. The zero-order valence-electron chi connectivity index (χ0n) is 13.5. The number of fused-ring (bicyclic) bond motifs is 1. The van der Waals surface area contributed by atoms with Crippen LogP contribution in [0.4, 0.5) is 17.2 Å². The summed E-state index contributed by atoms with van der Waals surface area (Å²) < 4.78 is 0.910. The number of aromatic nitrogens is 1. The highest BCUT2D eigenvalue weighted by Crippen LogP contribution is 2.33. The SMILES string of the molecule is N=C(N)NC(=N)c1ccc(/N=N/c2c(N)ncc3ccc(Br)cc23)cc1. The number of azo groups is 1. The second kappa shape index (κ2) is 7.28. The van der Waals surface area contributed by atoms with Gasteiger partial charge in [0.25, 0.3) is 0 Å². The highest BCUT2D eigenvalue weighted by atomic mass is 79.9. The maximum absolute atomic E-state index is 7.79. The molecule has 0 radical (unpaired) electrons. The lowest BCUT2D eigenvalue weighted by Crippen LogP contribution is -2.35. The number of nitrogens with two attached hydrogens (primary N) is 2. The standard InChI is InChI=1S/C17H15BrN8/c18-11-4-1-10-8-23-16(20)14(13(10)7-11)26-25-12-5-2-9(3-6-12)15(19)24-17(21)22/h1-8H,(H2,20,23)(H5,19,21,22,24)/b26-25+. The van der Waals surface area contributed by atoms with E-state index in [9.17, 15) is 0 Å². The fraction of sp³-hybridized carbons (Fsp3) is 0. The van der Waals surface area contributed by atoms with Gasteiger partial charge in [-0.2, -0.15) is 5.11 Å². The Morgan fingerprint density at radius 1 is 1.08 bits per heavy atom. The first-order chi connectivity index (χ1) is 12.4. The molecule has 0 spiro atoms. The van der Waals surface area contributed by atoms with E-state index in [2.05, 4.69) is 36.5 Å². The van der Waals surface area contributed by atoms with Crippen LogP contribution in [0, 0.1) is 10.8 Å². The van der Waals surface area contributed by atoms with E-state index >= 15 is 0 Å². The van der Waals surface area contributed by atoms with Crippen LogP contribution in [-0.2, 0) is 0 Å². The fourth-order valence-electron chi connectivity index (χ4n) is 2.30. The van der Waals surface area contributed by atoms with Crippen LogP contribution in [0.2, 0.25) is 0 Å². The van der Waals surface area contributed by atoms with Crippen LogP contribution < -0.4 is 16.8 Å². The lowest BCUT2D eigenvalue weighted by atomic mass is 10.1. The van der Waals surface area contributed by atoms with Gasteiger partial charge in [-0.15, -0.1) is 5.11 Å².